The van der Waals surface area contributed by atoms with Crippen molar-refractivity contribution in [3.63, 3.8) is 0 Å². The largest absolute Gasteiger partial charge is 0.373 e. The van der Waals surface area contributed by atoms with E-state index < -0.39 is 0 Å². The van der Waals surface area contributed by atoms with Crippen LogP contribution in [0.4, 0.5) is 5.82 Å². The standard InChI is InChI=1S/C14H16BrN3S/c1-9-10(2)17-13(18-14(9)16-3)8-19-12-7-5-4-6-11(12)15/h4-7H,8H2,1-3H3,(H,16,17,18). The van der Waals surface area contributed by atoms with E-state index in [9.17, 15) is 0 Å². The fraction of sp³-hybridized carbons (Fsp3) is 0.286. The molecule has 2 aromatic rings. The van der Waals surface area contributed by atoms with Gasteiger partial charge < -0.3 is 5.32 Å². The van der Waals surface area contributed by atoms with Crippen molar-refractivity contribution < 1.29 is 0 Å². The van der Waals surface area contributed by atoms with Crippen LogP contribution in [0.15, 0.2) is 33.6 Å². The minimum absolute atomic E-state index is 0.762. The van der Waals surface area contributed by atoms with Crippen molar-refractivity contribution in [2.24, 2.45) is 0 Å². The predicted molar refractivity (Wildman–Crippen MR) is 84.8 cm³/mol. The predicted octanol–water partition coefficient (Wildman–Crippen LogP) is 4.19. The maximum absolute atomic E-state index is 4.54. The number of aromatic nitrogens is 2. The zero-order valence-electron chi connectivity index (χ0n) is 11.2. The number of hydrogen-bond acceptors (Lipinski definition) is 4. The van der Waals surface area contributed by atoms with Gasteiger partial charge in [0, 0.05) is 27.7 Å². The minimum atomic E-state index is 0.762. The first-order chi connectivity index (χ1) is 9.11. The van der Waals surface area contributed by atoms with Crippen molar-refractivity contribution in [1.29, 1.82) is 0 Å². The van der Waals surface area contributed by atoms with Gasteiger partial charge >= 0.3 is 0 Å². The molecular weight excluding hydrogens is 322 g/mol. The molecule has 0 aliphatic heterocycles. The number of aryl methyl sites for hydroxylation is 1. The molecule has 1 aromatic carbocycles. The molecule has 0 bridgehead atoms. The molecule has 0 fully saturated rings. The van der Waals surface area contributed by atoms with Crippen molar-refractivity contribution >= 4 is 33.5 Å². The molecule has 0 radical (unpaired) electrons. The van der Waals surface area contributed by atoms with E-state index in [-0.39, 0.29) is 0 Å². The summed E-state index contributed by atoms with van der Waals surface area (Å²) < 4.78 is 1.11. The summed E-state index contributed by atoms with van der Waals surface area (Å²) in [5, 5.41) is 3.12. The van der Waals surface area contributed by atoms with Gasteiger partial charge in [-0.2, -0.15) is 0 Å². The van der Waals surface area contributed by atoms with Gasteiger partial charge in [0.15, 0.2) is 0 Å². The van der Waals surface area contributed by atoms with Gasteiger partial charge in [-0.1, -0.05) is 12.1 Å². The molecular formula is C14H16BrN3S. The molecule has 0 aliphatic rings. The van der Waals surface area contributed by atoms with Crippen LogP contribution in [-0.4, -0.2) is 17.0 Å². The number of benzene rings is 1. The Hall–Kier alpha value is -1.07. The van der Waals surface area contributed by atoms with Crippen LogP contribution in [0, 0.1) is 13.8 Å². The second-order valence-corrected chi connectivity index (χ2v) is 6.04. The van der Waals surface area contributed by atoms with Gasteiger partial charge in [-0.15, -0.1) is 11.8 Å². The second-order valence-electron chi connectivity index (χ2n) is 4.17. The lowest BCUT2D eigenvalue weighted by atomic mass is 10.2. The average molecular weight is 338 g/mol. The van der Waals surface area contributed by atoms with E-state index in [4.69, 9.17) is 0 Å². The summed E-state index contributed by atoms with van der Waals surface area (Å²) in [5.74, 6) is 2.53. The van der Waals surface area contributed by atoms with Crippen LogP contribution in [0.2, 0.25) is 0 Å². The first kappa shape index (κ1) is 14.3. The van der Waals surface area contributed by atoms with Crippen molar-refractivity contribution in [3.8, 4) is 0 Å². The Balaban J connectivity index is 2.16. The van der Waals surface area contributed by atoms with Crippen molar-refractivity contribution in [1.82, 2.24) is 9.97 Å². The van der Waals surface area contributed by atoms with Gasteiger partial charge in [-0.3, -0.25) is 0 Å². The van der Waals surface area contributed by atoms with E-state index in [0.29, 0.717) is 0 Å². The smallest absolute Gasteiger partial charge is 0.141 e. The van der Waals surface area contributed by atoms with Gasteiger partial charge in [-0.25, -0.2) is 9.97 Å². The Morgan fingerprint density at radius 2 is 1.95 bits per heavy atom. The molecule has 0 saturated heterocycles. The Bertz CT molecular complexity index is 587. The second kappa shape index (κ2) is 6.39. The highest BCUT2D eigenvalue weighted by atomic mass is 79.9. The molecule has 2 rings (SSSR count). The number of thioether (sulfide) groups is 1. The van der Waals surface area contributed by atoms with Crippen LogP contribution in [-0.2, 0) is 5.75 Å². The number of nitrogens with zero attached hydrogens (tertiary/aromatic N) is 2. The number of rotatable bonds is 4. The maximum atomic E-state index is 4.54. The lowest BCUT2D eigenvalue weighted by Crippen LogP contribution is -2.04. The van der Waals surface area contributed by atoms with Gasteiger partial charge in [0.2, 0.25) is 0 Å². The first-order valence-corrected chi connectivity index (χ1v) is 7.79. The quantitative estimate of drug-likeness (QED) is 0.849. The topological polar surface area (TPSA) is 37.8 Å². The highest BCUT2D eigenvalue weighted by Gasteiger charge is 2.08. The average Bonchev–Trinajstić information content (AvgIpc) is 2.41. The van der Waals surface area contributed by atoms with Crippen LogP contribution in [0.3, 0.4) is 0 Å². The number of halogens is 1. The van der Waals surface area contributed by atoms with E-state index in [1.165, 1.54) is 4.90 Å². The van der Waals surface area contributed by atoms with E-state index in [0.717, 1.165) is 33.1 Å². The minimum Gasteiger partial charge on any atom is -0.373 e. The molecule has 0 spiro atoms. The molecule has 0 unspecified atom stereocenters. The summed E-state index contributed by atoms with van der Waals surface area (Å²) in [6.45, 7) is 4.05. The Kier molecular flexibility index (Phi) is 4.82. The normalized spacial score (nSPS) is 10.5. The van der Waals surface area contributed by atoms with Crippen molar-refractivity contribution in [2.75, 3.05) is 12.4 Å². The lowest BCUT2D eigenvalue weighted by molar-refractivity contribution is 0.974. The summed E-state index contributed by atoms with van der Waals surface area (Å²) in [6.07, 6.45) is 0. The van der Waals surface area contributed by atoms with E-state index in [1.807, 2.05) is 39.1 Å². The van der Waals surface area contributed by atoms with Crippen LogP contribution in [0.5, 0.6) is 0 Å². The molecule has 0 aliphatic carbocycles. The van der Waals surface area contributed by atoms with Gasteiger partial charge in [0.25, 0.3) is 0 Å². The zero-order valence-corrected chi connectivity index (χ0v) is 13.6. The van der Waals surface area contributed by atoms with Crippen LogP contribution >= 0.6 is 27.7 Å². The molecule has 5 heteroatoms. The highest BCUT2D eigenvalue weighted by molar-refractivity contribution is 9.10. The van der Waals surface area contributed by atoms with Gasteiger partial charge in [0.05, 0.1) is 5.75 Å². The van der Waals surface area contributed by atoms with Gasteiger partial charge in [0.1, 0.15) is 11.6 Å². The van der Waals surface area contributed by atoms with E-state index in [2.05, 4.69) is 37.3 Å². The third-order valence-electron chi connectivity index (χ3n) is 2.87. The number of hydrogen-bond donors (Lipinski definition) is 1. The summed E-state index contributed by atoms with van der Waals surface area (Å²) in [7, 11) is 1.89. The summed E-state index contributed by atoms with van der Waals surface area (Å²) in [5.41, 5.74) is 2.14. The molecule has 0 atom stereocenters. The lowest BCUT2D eigenvalue weighted by Gasteiger charge is -2.10. The Morgan fingerprint density at radius 1 is 1.21 bits per heavy atom. The van der Waals surface area contributed by atoms with E-state index >= 15 is 0 Å². The molecule has 100 valence electrons. The molecule has 1 N–H and O–H groups in total. The Labute approximate surface area is 126 Å². The highest BCUT2D eigenvalue weighted by Crippen LogP contribution is 2.29. The van der Waals surface area contributed by atoms with E-state index in [1.54, 1.807) is 11.8 Å². The first-order valence-electron chi connectivity index (χ1n) is 6.01. The summed E-state index contributed by atoms with van der Waals surface area (Å²) in [4.78, 5) is 10.3. The number of anilines is 1. The van der Waals surface area contributed by atoms with Crippen LogP contribution in [0.25, 0.3) is 0 Å². The third kappa shape index (κ3) is 3.48. The monoisotopic (exact) mass is 337 g/mol. The van der Waals surface area contributed by atoms with Crippen LogP contribution in [0.1, 0.15) is 17.1 Å². The molecule has 1 aromatic heterocycles. The molecule has 3 nitrogen and oxygen atoms in total. The fourth-order valence-electron chi connectivity index (χ4n) is 1.70. The summed E-state index contributed by atoms with van der Waals surface area (Å²) >= 11 is 5.28. The van der Waals surface area contributed by atoms with Crippen molar-refractivity contribution in [3.05, 3.63) is 45.8 Å². The molecule has 0 saturated carbocycles. The third-order valence-corrected chi connectivity index (χ3v) is 4.89. The van der Waals surface area contributed by atoms with Crippen LogP contribution < -0.4 is 5.32 Å². The molecule has 0 amide bonds. The Morgan fingerprint density at radius 3 is 2.63 bits per heavy atom. The number of nitrogens with one attached hydrogen (secondary N) is 1. The molecule has 1 heterocycles. The van der Waals surface area contributed by atoms with Crippen molar-refractivity contribution in [2.45, 2.75) is 24.5 Å². The molecule has 19 heavy (non-hydrogen) atoms. The maximum Gasteiger partial charge on any atom is 0.141 e. The summed E-state index contributed by atoms with van der Waals surface area (Å²) in [6, 6.07) is 8.19. The fourth-order valence-corrected chi connectivity index (χ4v) is 3.12. The SMILES string of the molecule is CNc1nc(CSc2ccccc2Br)nc(C)c1C. The zero-order chi connectivity index (χ0) is 13.8. The van der Waals surface area contributed by atoms with Gasteiger partial charge in [-0.05, 0) is 41.9 Å².